The quantitative estimate of drug-likeness (QED) is 0.527. The van der Waals surface area contributed by atoms with Gasteiger partial charge in [-0.15, -0.1) is 0 Å². The summed E-state index contributed by atoms with van der Waals surface area (Å²) >= 11 is 0. The van der Waals surface area contributed by atoms with Gasteiger partial charge in [0.25, 0.3) is 0 Å². The first-order chi connectivity index (χ1) is 5.29. The number of hydrogen-bond acceptors (Lipinski definition) is 2. The third-order valence-electron chi connectivity index (χ3n) is 2.27. The number of rotatable bonds is 0. The van der Waals surface area contributed by atoms with Gasteiger partial charge in [-0.05, 0) is 26.4 Å². The second-order valence-corrected chi connectivity index (χ2v) is 3.40. The third-order valence-corrected chi connectivity index (χ3v) is 2.27. The summed E-state index contributed by atoms with van der Waals surface area (Å²) in [6.45, 7) is 2.12. The van der Waals surface area contributed by atoms with E-state index in [1.54, 1.807) is 0 Å². The van der Waals surface area contributed by atoms with Gasteiger partial charge in [0.1, 0.15) is 5.78 Å². The Bertz CT molecular complexity index is 134. The van der Waals surface area contributed by atoms with Gasteiger partial charge in [-0.25, -0.2) is 0 Å². The molecule has 1 heterocycles. The largest absolute Gasteiger partial charge is 0.306 e. The maximum absolute atomic E-state index is 11.1. The highest BCUT2D eigenvalue weighted by atomic mass is 16.1. The summed E-state index contributed by atoms with van der Waals surface area (Å²) in [6.07, 6.45) is 5.15. The fraction of sp³-hybridized carbons (Fsp3) is 0.889. The van der Waals surface area contributed by atoms with Gasteiger partial charge in [-0.3, -0.25) is 4.79 Å². The van der Waals surface area contributed by atoms with Gasteiger partial charge in [0.2, 0.25) is 0 Å². The molecule has 11 heavy (non-hydrogen) atoms. The highest BCUT2D eigenvalue weighted by Crippen LogP contribution is 2.07. The zero-order valence-corrected chi connectivity index (χ0v) is 7.31. The predicted molar refractivity (Wildman–Crippen MR) is 45.6 cm³/mol. The lowest BCUT2D eigenvalue weighted by Gasteiger charge is -2.13. The Hall–Kier alpha value is -0.370. The predicted octanol–water partition coefficient (Wildman–Crippen LogP) is 1.45. The van der Waals surface area contributed by atoms with Crippen LogP contribution in [0.3, 0.4) is 0 Å². The van der Waals surface area contributed by atoms with Gasteiger partial charge >= 0.3 is 0 Å². The smallest absolute Gasteiger partial charge is 0.134 e. The molecule has 0 N–H and O–H groups in total. The summed E-state index contributed by atoms with van der Waals surface area (Å²) in [5, 5.41) is 0. The van der Waals surface area contributed by atoms with E-state index in [1.165, 1.54) is 12.8 Å². The van der Waals surface area contributed by atoms with Crippen LogP contribution in [0, 0.1) is 0 Å². The van der Waals surface area contributed by atoms with Crippen LogP contribution >= 0.6 is 0 Å². The molecule has 0 aromatic carbocycles. The Morgan fingerprint density at radius 2 is 1.91 bits per heavy atom. The summed E-state index contributed by atoms with van der Waals surface area (Å²) in [6, 6.07) is 0. The Morgan fingerprint density at radius 3 is 2.73 bits per heavy atom. The Kier molecular flexibility index (Phi) is 3.57. The van der Waals surface area contributed by atoms with Gasteiger partial charge in [-0.1, -0.05) is 6.42 Å². The highest BCUT2D eigenvalue weighted by Gasteiger charge is 2.07. The van der Waals surface area contributed by atoms with Crippen LogP contribution in [0.2, 0.25) is 0 Å². The molecule has 0 unspecified atom stereocenters. The van der Waals surface area contributed by atoms with E-state index >= 15 is 0 Å². The fourth-order valence-electron chi connectivity index (χ4n) is 1.43. The molecule has 0 aromatic rings. The molecule has 1 aliphatic heterocycles. The molecule has 0 atom stereocenters. The second-order valence-electron chi connectivity index (χ2n) is 3.40. The minimum Gasteiger partial charge on any atom is -0.306 e. The van der Waals surface area contributed by atoms with Crippen molar-refractivity contribution in [3.63, 3.8) is 0 Å². The van der Waals surface area contributed by atoms with Crippen molar-refractivity contribution in [3.8, 4) is 0 Å². The lowest BCUT2D eigenvalue weighted by atomic mass is 10.1. The van der Waals surface area contributed by atoms with E-state index in [-0.39, 0.29) is 0 Å². The van der Waals surface area contributed by atoms with E-state index in [0.717, 1.165) is 32.4 Å². The molecule has 0 spiro atoms. The first-order valence-electron chi connectivity index (χ1n) is 4.49. The van der Waals surface area contributed by atoms with Gasteiger partial charge in [0, 0.05) is 19.4 Å². The molecule has 2 heteroatoms. The summed E-state index contributed by atoms with van der Waals surface area (Å²) in [7, 11) is 2.10. The monoisotopic (exact) mass is 155 g/mol. The van der Waals surface area contributed by atoms with E-state index in [9.17, 15) is 4.79 Å². The van der Waals surface area contributed by atoms with Crippen molar-refractivity contribution < 1.29 is 4.79 Å². The minimum absolute atomic E-state index is 0.443. The molecule has 0 amide bonds. The summed E-state index contributed by atoms with van der Waals surface area (Å²) in [4.78, 5) is 13.4. The van der Waals surface area contributed by atoms with Crippen LogP contribution in [0.15, 0.2) is 0 Å². The van der Waals surface area contributed by atoms with E-state index in [4.69, 9.17) is 0 Å². The molecule has 0 aromatic heterocycles. The van der Waals surface area contributed by atoms with Crippen molar-refractivity contribution >= 4 is 5.78 Å². The van der Waals surface area contributed by atoms with Crippen LogP contribution in [0.1, 0.15) is 32.1 Å². The summed E-state index contributed by atoms with van der Waals surface area (Å²) in [5.74, 6) is 0.443. The van der Waals surface area contributed by atoms with Crippen LogP contribution < -0.4 is 0 Å². The van der Waals surface area contributed by atoms with Crippen molar-refractivity contribution in [3.05, 3.63) is 0 Å². The number of hydrogen-bond donors (Lipinski definition) is 0. The first-order valence-corrected chi connectivity index (χ1v) is 4.49. The van der Waals surface area contributed by atoms with E-state index in [1.807, 2.05) is 0 Å². The maximum atomic E-state index is 11.1. The molecule has 0 aliphatic carbocycles. The molecule has 64 valence electrons. The minimum atomic E-state index is 0.443. The maximum Gasteiger partial charge on any atom is 0.134 e. The lowest BCUT2D eigenvalue weighted by Crippen LogP contribution is -2.21. The average molecular weight is 155 g/mol. The number of ketones is 1. The van der Waals surface area contributed by atoms with Gasteiger partial charge < -0.3 is 4.90 Å². The normalized spacial score (nSPS) is 23.9. The number of carbonyl (C=O) groups is 1. The van der Waals surface area contributed by atoms with Gasteiger partial charge in [-0.2, -0.15) is 0 Å². The molecule has 2 nitrogen and oxygen atoms in total. The first kappa shape index (κ1) is 8.72. The Balaban J connectivity index is 2.31. The topological polar surface area (TPSA) is 20.3 Å². The average Bonchev–Trinajstić information content (AvgIpc) is 2.06. The molecule has 1 saturated heterocycles. The van der Waals surface area contributed by atoms with Crippen molar-refractivity contribution in [2.75, 3.05) is 20.1 Å². The van der Waals surface area contributed by atoms with Crippen LogP contribution in [-0.4, -0.2) is 30.8 Å². The number of carbonyl (C=O) groups excluding carboxylic acids is 1. The number of Topliss-reactive ketones (excluding diaryl/α,β-unsaturated/α-hetero) is 1. The Labute approximate surface area is 68.6 Å². The molecular formula is C9H17NO. The molecule has 1 fully saturated rings. The standard InChI is InChI=1S/C9H17NO/c1-10-7-4-2-3-5-9(11)6-8-10/h2-8H2,1H3. The Morgan fingerprint density at radius 1 is 1.09 bits per heavy atom. The van der Waals surface area contributed by atoms with E-state index in [2.05, 4.69) is 11.9 Å². The van der Waals surface area contributed by atoms with Crippen molar-refractivity contribution in [2.24, 2.45) is 0 Å². The zero-order chi connectivity index (χ0) is 8.10. The van der Waals surface area contributed by atoms with Crippen molar-refractivity contribution in [1.29, 1.82) is 0 Å². The van der Waals surface area contributed by atoms with Gasteiger partial charge in [0.05, 0.1) is 0 Å². The lowest BCUT2D eigenvalue weighted by molar-refractivity contribution is -0.119. The second kappa shape index (κ2) is 4.50. The van der Waals surface area contributed by atoms with Gasteiger partial charge in [0.15, 0.2) is 0 Å². The third kappa shape index (κ3) is 3.51. The van der Waals surface area contributed by atoms with Crippen molar-refractivity contribution in [1.82, 2.24) is 4.90 Å². The van der Waals surface area contributed by atoms with Crippen molar-refractivity contribution in [2.45, 2.75) is 32.1 Å². The molecule has 0 bridgehead atoms. The van der Waals surface area contributed by atoms with Crippen LogP contribution in [0.5, 0.6) is 0 Å². The molecule has 0 saturated carbocycles. The SMILES string of the molecule is CN1CCCCCC(=O)CC1. The number of nitrogens with zero attached hydrogens (tertiary/aromatic N) is 1. The van der Waals surface area contributed by atoms with Crippen LogP contribution in [0.25, 0.3) is 0 Å². The van der Waals surface area contributed by atoms with Crippen LogP contribution in [0.4, 0.5) is 0 Å². The van der Waals surface area contributed by atoms with E-state index in [0.29, 0.717) is 5.78 Å². The molecule has 0 radical (unpaired) electrons. The molecule has 1 rings (SSSR count). The molecular weight excluding hydrogens is 138 g/mol. The molecule has 1 aliphatic rings. The fourth-order valence-corrected chi connectivity index (χ4v) is 1.43. The summed E-state index contributed by atoms with van der Waals surface area (Å²) in [5.41, 5.74) is 0. The zero-order valence-electron chi connectivity index (χ0n) is 7.31. The van der Waals surface area contributed by atoms with E-state index < -0.39 is 0 Å². The summed E-state index contributed by atoms with van der Waals surface area (Å²) < 4.78 is 0. The highest BCUT2D eigenvalue weighted by molar-refractivity contribution is 5.78. The van der Waals surface area contributed by atoms with Crippen LogP contribution in [-0.2, 0) is 4.79 Å².